The lowest BCUT2D eigenvalue weighted by Gasteiger charge is -2.28. The van der Waals surface area contributed by atoms with Crippen molar-refractivity contribution in [1.29, 1.82) is 0 Å². The molecule has 0 aromatic heterocycles. The van der Waals surface area contributed by atoms with E-state index in [0.717, 1.165) is 32.1 Å². The minimum absolute atomic E-state index is 0.0566. The standard InChI is InChI=1S/C24H24ClFN2O4/c1-31-21-13-16(11-19(25)22(21)32-14-15-6-5-7-17(26)10-15)12-20-23(29)28(24(30)27-20)18-8-3-2-4-9-18/h5-7,10-13,18H,2-4,8-9,14H2,1H3,(H,27,30)/b20-12-. The van der Waals surface area contributed by atoms with E-state index < -0.39 is 0 Å². The van der Waals surface area contributed by atoms with Crippen LogP contribution in [0.5, 0.6) is 11.5 Å². The number of hydrogen-bond donors (Lipinski definition) is 1. The molecule has 0 unspecified atom stereocenters. The van der Waals surface area contributed by atoms with E-state index in [0.29, 0.717) is 22.6 Å². The van der Waals surface area contributed by atoms with Crippen LogP contribution in [-0.4, -0.2) is 30.0 Å². The first-order chi connectivity index (χ1) is 15.5. The minimum Gasteiger partial charge on any atom is -0.493 e. The maximum absolute atomic E-state index is 13.4. The topological polar surface area (TPSA) is 67.9 Å². The van der Waals surface area contributed by atoms with Crippen molar-refractivity contribution in [2.75, 3.05) is 7.11 Å². The summed E-state index contributed by atoms with van der Waals surface area (Å²) in [5.74, 6) is -0.00652. The van der Waals surface area contributed by atoms with Gasteiger partial charge in [-0.2, -0.15) is 0 Å². The van der Waals surface area contributed by atoms with Crippen LogP contribution in [0, 0.1) is 5.82 Å². The third-order valence-electron chi connectivity index (χ3n) is 5.68. The van der Waals surface area contributed by atoms with Gasteiger partial charge in [-0.15, -0.1) is 0 Å². The van der Waals surface area contributed by atoms with E-state index in [1.54, 1.807) is 30.3 Å². The summed E-state index contributed by atoms with van der Waals surface area (Å²) in [4.78, 5) is 26.6. The number of carbonyl (C=O) groups is 2. The van der Waals surface area contributed by atoms with Crippen LogP contribution in [0.15, 0.2) is 42.1 Å². The van der Waals surface area contributed by atoms with Crippen molar-refractivity contribution in [2.45, 2.75) is 44.8 Å². The van der Waals surface area contributed by atoms with Gasteiger partial charge in [-0.3, -0.25) is 9.69 Å². The highest BCUT2D eigenvalue weighted by Gasteiger charge is 2.39. The first-order valence-corrected chi connectivity index (χ1v) is 10.9. The molecule has 3 amide bonds. The Labute approximate surface area is 190 Å². The minimum atomic E-state index is -0.388. The highest BCUT2D eigenvalue weighted by atomic mass is 35.5. The number of nitrogens with one attached hydrogen (secondary N) is 1. The lowest BCUT2D eigenvalue weighted by atomic mass is 9.94. The predicted molar refractivity (Wildman–Crippen MR) is 119 cm³/mol. The second-order valence-electron chi connectivity index (χ2n) is 7.91. The number of hydrogen-bond acceptors (Lipinski definition) is 4. The maximum Gasteiger partial charge on any atom is 0.329 e. The van der Waals surface area contributed by atoms with Crippen LogP contribution < -0.4 is 14.8 Å². The highest BCUT2D eigenvalue weighted by molar-refractivity contribution is 6.32. The number of rotatable bonds is 6. The molecule has 0 spiro atoms. The van der Waals surface area contributed by atoms with Crippen LogP contribution in [0.3, 0.4) is 0 Å². The molecule has 2 fully saturated rings. The number of methoxy groups -OCH3 is 1. The lowest BCUT2D eigenvalue weighted by molar-refractivity contribution is -0.124. The molecule has 2 aromatic rings. The number of nitrogens with zero attached hydrogens (tertiary/aromatic N) is 1. The van der Waals surface area contributed by atoms with Gasteiger partial charge < -0.3 is 14.8 Å². The van der Waals surface area contributed by atoms with E-state index in [9.17, 15) is 14.0 Å². The Kier molecular flexibility index (Phi) is 6.65. The van der Waals surface area contributed by atoms with Crippen LogP contribution >= 0.6 is 11.6 Å². The fourth-order valence-corrected chi connectivity index (χ4v) is 4.41. The molecule has 2 aliphatic rings. The Bertz CT molecular complexity index is 1070. The van der Waals surface area contributed by atoms with Crippen LogP contribution in [0.2, 0.25) is 5.02 Å². The monoisotopic (exact) mass is 458 g/mol. The highest BCUT2D eigenvalue weighted by Crippen LogP contribution is 2.38. The maximum atomic E-state index is 13.4. The summed E-state index contributed by atoms with van der Waals surface area (Å²) in [7, 11) is 1.48. The summed E-state index contributed by atoms with van der Waals surface area (Å²) < 4.78 is 24.6. The second-order valence-corrected chi connectivity index (χ2v) is 8.32. The lowest BCUT2D eigenvalue weighted by Crippen LogP contribution is -2.41. The van der Waals surface area contributed by atoms with E-state index in [1.807, 2.05) is 0 Å². The predicted octanol–water partition coefficient (Wildman–Crippen LogP) is 5.29. The molecule has 1 N–H and O–H groups in total. The Morgan fingerprint density at radius 3 is 2.69 bits per heavy atom. The Hall–Kier alpha value is -3.06. The molecule has 1 saturated carbocycles. The van der Waals surface area contributed by atoms with Gasteiger partial charge >= 0.3 is 6.03 Å². The SMILES string of the molecule is COc1cc(/C=C2\NC(=O)N(C3CCCCC3)C2=O)cc(Cl)c1OCc1cccc(F)c1. The molecular formula is C24H24ClFN2O4. The summed E-state index contributed by atoms with van der Waals surface area (Å²) in [6.45, 7) is 0.110. The second kappa shape index (κ2) is 9.61. The van der Waals surface area contributed by atoms with E-state index in [4.69, 9.17) is 21.1 Å². The molecule has 8 heteroatoms. The first kappa shape index (κ1) is 22.1. The molecule has 2 aromatic carbocycles. The van der Waals surface area contributed by atoms with E-state index in [-0.39, 0.29) is 41.1 Å². The third-order valence-corrected chi connectivity index (χ3v) is 5.97. The summed E-state index contributed by atoms with van der Waals surface area (Å²) in [5, 5.41) is 2.94. The van der Waals surface area contributed by atoms with Gasteiger partial charge in [0.1, 0.15) is 18.1 Å². The van der Waals surface area contributed by atoms with Crippen molar-refractivity contribution < 1.29 is 23.5 Å². The molecule has 1 saturated heterocycles. The van der Waals surface area contributed by atoms with Crippen molar-refractivity contribution in [3.05, 3.63) is 64.1 Å². The van der Waals surface area contributed by atoms with Gasteiger partial charge in [0, 0.05) is 6.04 Å². The molecule has 4 rings (SSSR count). The zero-order valence-electron chi connectivity index (χ0n) is 17.7. The zero-order valence-corrected chi connectivity index (χ0v) is 18.5. The summed E-state index contributed by atoms with van der Waals surface area (Å²) >= 11 is 6.42. The van der Waals surface area contributed by atoms with Crippen molar-refractivity contribution in [3.63, 3.8) is 0 Å². The number of ether oxygens (including phenoxy) is 2. The number of imide groups is 1. The molecule has 1 heterocycles. The number of amides is 3. The van der Waals surface area contributed by atoms with Gasteiger partial charge in [0.25, 0.3) is 5.91 Å². The van der Waals surface area contributed by atoms with Gasteiger partial charge in [-0.1, -0.05) is 43.0 Å². The van der Waals surface area contributed by atoms with E-state index >= 15 is 0 Å². The molecule has 32 heavy (non-hydrogen) atoms. The Morgan fingerprint density at radius 1 is 1.19 bits per heavy atom. The summed E-state index contributed by atoms with van der Waals surface area (Å²) in [5.41, 5.74) is 1.43. The Balaban J connectivity index is 1.54. The quantitative estimate of drug-likeness (QED) is 0.471. The van der Waals surface area contributed by atoms with Crippen LogP contribution in [0.1, 0.15) is 43.2 Å². The van der Waals surface area contributed by atoms with Gasteiger partial charge in [-0.05, 0) is 54.3 Å². The van der Waals surface area contributed by atoms with Crippen molar-refractivity contribution >= 4 is 29.6 Å². The van der Waals surface area contributed by atoms with Crippen molar-refractivity contribution in [3.8, 4) is 11.5 Å². The summed E-state index contributed by atoms with van der Waals surface area (Å²) in [6.07, 6.45) is 6.42. The number of urea groups is 1. The normalized spacial score (nSPS) is 18.2. The Morgan fingerprint density at radius 2 is 1.97 bits per heavy atom. The molecular weight excluding hydrogens is 435 g/mol. The van der Waals surface area contributed by atoms with Crippen LogP contribution in [-0.2, 0) is 11.4 Å². The van der Waals surface area contributed by atoms with Gasteiger partial charge in [0.2, 0.25) is 0 Å². The van der Waals surface area contributed by atoms with Crippen molar-refractivity contribution in [2.24, 2.45) is 0 Å². The smallest absolute Gasteiger partial charge is 0.329 e. The molecule has 1 aliphatic heterocycles. The van der Waals surface area contributed by atoms with Crippen LogP contribution in [0.4, 0.5) is 9.18 Å². The largest absolute Gasteiger partial charge is 0.493 e. The fraction of sp³-hybridized carbons (Fsp3) is 0.333. The average molecular weight is 459 g/mol. The first-order valence-electron chi connectivity index (χ1n) is 10.6. The van der Waals surface area contributed by atoms with Crippen molar-refractivity contribution in [1.82, 2.24) is 10.2 Å². The number of halogens is 2. The molecule has 6 nitrogen and oxygen atoms in total. The van der Waals surface area contributed by atoms with E-state index in [2.05, 4.69) is 5.32 Å². The van der Waals surface area contributed by atoms with Gasteiger partial charge in [0.05, 0.1) is 12.1 Å². The molecule has 1 aliphatic carbocycles. The summed E-state index contributed by atoms with van der Waals surface area (Å²) in [6, 6.07) is 8.94. The van der Waals surface area contributed by atoms with Gasteiger partial charge in [-0.25, -0.2) is 9.18 Å². The number of carbonyl (C=O) groups excluding carboxylic acids is 2. The molecule has 168 valence electrons. The fourth-order valence-electron chi connectivity index (χ4n) is 4.13. The molecule has 0 bridgehead atoms. The zero-order chi connectivity index (χ0) is 22.7. The average Bonchev–Trinajstić information content (AvgIpc) is 3.06. The van der Waals surface area contributed by atoms with Gasteiger partial charge in [0.15, 0.2) is 11.5 Å². The van der Waals surface area contributed by atoms with E-state index in [1.165, 1.54) is 24.1 Å². The van der Waals surface area contributed by atoms with Crippen LogP contribution in [0.25, 0.3) is 6.08 Å². The number of benzene rings is 2. The molecule has 0 atom stereocenters. The molecule has 0 radical (unpaired) electrons. The third kappa shape index (κ3) is 4.72.